The average molecular weight is 295 g/mol. The Morgan fingerprint density at radius 2 is 2.25 bits per heavy atom. The highest BCUT2D eigenvalue weighted by Crippen LogP contribution is 2.37. The topological polar surface area (TPSA) is 82.4 Å². The highest BCUT2D eigenvalue weighted by atomic mass is 35.5. The van der Waals surface area contributed by atoms with Gasteiger partial charge >= 0.3 is 0 Å². The van der Waals surface area contributed by atoms with Crippen LogP contribution >= 0.6 is 11.6 Å². The quantitative estimate of drug-likeness (QED) is 0.590. The van der Waals surface area contributed by atoms with E-state index < -0.39 is 11.5 Å². The van der Waals surface area contributed by atoms with Crippen LogP contribution in [0, 0.1) is 11.3 Å². The van der Waals surface area contributed by atoms with Crippen molar-refractivity contribution in [3.8, 4) is 17.6 Å². The number of methoxy groups -OCH3 is 1. The van der Waals surface area contributed by atoms with Gasteiger partial charge in [0.2, 0.25) is 0 Å². The van der Waals surface area contributed by atoms with Crippen LogP contribution in [0.2, 0.25) is 5.02 Å². The average Bonchev–Trinajstić information content (AvgIpc) is 2.42. The van der Waals surface area contributed by atoms with Crippen molar-refractivity contribution >= 4 is 23.6 Å². The van der Waals surface area contributed by atoms with Crippen LogP contribution in [0.25, 0.3) is 6.08 Å². The monoisotopic (exact) mass is 294 g/mol. The summed E-state index contributed by atoms with van der Waals surface area (Å²) >= 11 is 6.08. The van der Waals surface area contributed by atoms with Crippen molar-refractivity contribution < 1.29 is 19.4 Å². The van der Waals surface area contributed by atoms with Gasteiger partial charge in [-0.2, -0.15) is 5.26 Å². The van der Waals surface area contributed by atoms with Crippen LogP contribution in [-0.2, 0) is 4.79 Å². The molecule has 0 heterocycles. The van der Waals surface area contributed by atoms with E-state index in [4.69, 9.17) is 26.3 Å². The molecule has 0 unspecified atom stereocenters. The molecule has 1 aromatic carbocycles. The molecule has 0 saturated heterocycles. The van der Waals surface area contributed by atoms with Crippen LogP contribution in [0.3, 0.4) is 0 Å². The van der Waals surface area contributed by atoms with Gasteiger partial charge in [0.05, 0.1) is 30.3 Å². The van der Waals surface area contributed by atoms with E-state index in [1.165, 1.54) is 25.3 Å². The number of halogens is 1. The van der Waals surface area contributed by atoms with Gasteiger partial charge in [-0.1, -0.05) is 18.5 Å². The van der Waals surface area contributed by atoms with Gasteiger partial charge in [-0.3, -0.25) is 0 Å². The standard InChI is InChI=1S/C14H14ClNO4/c1-3-4-20-13-11(15)6-9(7-12(13)19-2)5-10(8-16)14(17)18/h5-7H,3-4H2,1-2H3,(H,17,18)/p-1/b10-5+. The summed E-state index contributed by atoms with van der Waals surface area (Å²) in [6.45, 7) is 2.43. The number of carboxylic acids is 1. The van der Waals surface area contributed by atoms with Crippen LogP contribution in [0.4, 0.5) is 0 Å². The molecule has 1 aromatic rings. The molecule has 1 rings (SSSR count). The Morgan fingerprint density at radius 3 is 2.75 bits per heavy atom. The maximum absolute atomic E-state index is 10.7. The molecule has 0 amide bonds. The van der Waals surface area contributed by atoms with E-state index in [0.29, 0.717) is 23.7 Å². The van der Waals surface area contributed by atoms with Crippen molar-refractivity contribution in [2.45, 2.75) is 13.3 Å². The van der Waals surface area contributed by atoms with Crippen LogP contribution in [0.15, 0.2) is 17.7 Å². The third-order valence-corrected chi connectivity index (χ3v) is 2.63. The number of ether oxygens (including phenoxy) is 2. The smallest absolute Gasteiger partial charge is 0.179 e. The lowest BCUT2D eigenvalue weighted by Crippen LogP contribution is -2.23. The number of aliphatic carboxylic acids is 1. The number of hydrogen-bond acceptors (Lipinski definition) is 5. The van der Waals surface area contributed by atoms with Gasteiger partial charge in [-0.05, 0) is 30.2 Å². The largest absolute Gasteiger partial charge is 0.544 e. The second kappa shape index (κ2) is 7.41. The van der Waals surface area contributed by atoms with E-state index in [1.807, 2.05) is 6.92 Å². The van der Waals surface area contributed by atoms with Crippen molar-refractivity contribution in [1.29, 1.82) is 5.26 Å². The number of carbonyl (C=O) groups is 1. The van der Waals surface area contributed by atoms with Gasteiger partial charge in [-0.25, -0.2) is 0 Å². The summed E-state index contributed by atoms with van der Waals surface area (Å²) in [5.74, 6) is -0.790. The molecule has 0 atom stereocenters. The second-order valence-corrected chi connectivity index (χ2v) is 4.25. The van der Waals surface area contributed by atoms with Crippen molar-refractivity contribution in [3.63, 3.8) is 0 Å². The molecule has 0 bridgehead atoms. The van der Waals surface area contributed by atoms with Crippen LogP contribution in [0.1, 0.15) is 18.9 Å². The molecule has 0 spiro atoms. The van der Waals surface area contributed by atoms with Crippen LogP contribution in [0.5, 0.6) is 11.5 Å². The van der Waals surface area contributed by atoms with Gasteiger partial charge in [0, 0.05) is 0 Å². The Balaban J connectivity index is 3.23. The normalized spacial score (nSPS) is 10.8. The SMILES string of the molecule is CCCOc1c(Cl)cc(/C=C(\C#N)C(=O)[O-])cc1OC. The molecule has 0 aliphatic heterocycles. The van der Waals surface area contributed by atoms with Gasteiger partial charge in [0.15, 0.2) is 11.5 Å². The molecule has 6 heteroatoms. The molecular formula is C14H13ClNO4-. The van der Waals surface area contributed by atoms with E-state index in [1.54, 1.807) is 0 Å². The van der Waals surface area contributed by atoms with E-state index in [9.17, 15) is 9.90 Å². The fourth-order valence-electron chi connectivity index (χ4n) is 1.47. The molecule has 0 aliphatic carbocycles. The maximum atomic E-state index is 10.7. The first-order valence-electron chi connectivity index (χ1n) is 5.87. The first-order valence-corrected chi connectivity index (χ1v) is 6.24. The number of nitrogens with zero attached hydrogens (tertiary/aromatic N) is 1. The van der Waals surface area contributed by atoms with Crippen LogP contribution in [-0.4, -0.2) is 19.7 Å². The minimum absolute atomic E-state index is 0.277. The first-order chi connectivity index (χ1) is 9.53. The van der Waals surface area contributed by atoms with E-state index in [0.717, 1.165) is 12.5 Å². The minimum Gasteiger partial charge on any atom is -0.544 e. The summed E-state index contributed by atoms with van der Waals surface area (Å²) in [7, 11) is 1.45. The predicted octanol–water partition coefficient (Wildman–Crippen LogP) is 1.79. The highest BCUT2D eigenvalue weighted by molar-refractivity contribution is 6.32. The molecule has 106 valence electrons. The van der Waals surface area contributed by atoms with Gasteiger partial charge in [0.25, 0.3) is 0 Å². The third kappa shape index (κ3) is 3.90. The molecule has 20 heavy (non-hydrogen) atoms. The Labute approximate surface area is 122 Å². The molecule has 0 saturated carbocycles. The molecular weight excluding hydrogens is 282 g/mol. The number of nitriles is 1. The van der Waals surface area contributed by atoms with E-state index in [-0.39, 0.29) is 5.02 Å². The summed E-state index contributed by atoms with van der Waals surface area (Å²) in [6, 6.07) is 4.57. The number of carboxylic acid groups (broad SMARTS) is 1. The summed E-state index contributed by atoms with van der Waals surface area (Å²) in [5, 5.41) is 19.7. The lowest BCUT2D eigenvalue weighted by Gasteiger charge is -2.13. The van der Waals surface area contributed by atoms with Crippen LogP contribution < -0.4 is 14.6 Å². The minimum atomic E-state index is -1.55. The van der Waals surface area contributed by atoms with E-state index >= 15 is 0 Å². The van der Waals surface area contributed by atoms with Gasteiger partial charge < -0.3 is 19.4 Å². The molecule has 0 radical (unpaired) electrons. The molecule has 0 N–H and O–H groups in total. The second-order valence-electron chi connectivity index (χ2n) is 3.84. The van der Waals surface area contributed by atoms with Crippen molar-refractivity contribution in [1.82, 2.24) is 0 Å². The number of hydrogen-bond donors (Lipinski definition) is 0. The maximum Gasteiger partial charge on any atom is 0.179 e. The zero-order valence-corrected chi connectivity index (χ0v) is 11.9. The number of rotatable bonds is 6. The number of benzene rings is 1. The van der Waals surface area contributed by atoms with Gasteiger partial charge in [-0.15, -0.1) is 0 Å². The zero-order valence-electron chi connectivity index (χ0n) is 11.1. The molecule has 5 nitrogen and oxygen atoms in total. The Kier molecular flexibility index (Phi) is 5.88. The van der Waals surface area contributed by atoms with Crippen molar-refractivity contribution in [3.05, 3.63) is 28.3 Å². The number of carbonyl (C=O) groups excluding carboxylic acids is 1. The Bertz CT molecular complexity index is 575. The highest BCUT2D eigenvalue weighted by Gasteiger charge is 2.11. The molecule has 0 aliphatic rings. The lowest BCUT2D eigenvalue weighted by atomic mass is 10.1. The fraction of sp³-hybridized carbons (Fsp3) is 0.286. The third-order valence-electron chi connectivity index (χ3n) is 2.35. The fourth-order valence-corrected chi connectivity index (χ4v) is 1.74. The first kappa shape index (κ1) is 15.9. The lowest BCUT2D eigenvalue weighted by molar-refractivity contribution is -0.298. The zero-order chi connectivity index (χ0) is 15.1. The predicted molar refractivity (Wildman–Crippen MR) is 72.4 cm³/mol. The Hall–Kier alpha value is -2.19. The molecule has 0 fully saturated rings. The summed E-state index contributed by atoms with van der Waals surface area (Å²) < 4.78 is 10.6. The summed E-state index contributed by atoms with van der Waals surface area (Å²) in [6.07, 6.45) is 1.97. The molecule has 0 aromatic heterocycles. The summed E-state index contributed by atoms with van der Waals surface area (Å²) in [4.78, 5) is 10.7. The van der Waals surface area contributed by atoms with Crippen molar-refractivity contribution in [2.24, 2.45) is 0 Å². The van der Waals surface area contributed by atoms with E-state index in [2.05, 4.69) is 0 Å². The van der Waals surface area contributed by atoms with Gasteiger partial charge in [0.1, 0.15) is 6.07 Å². The summed E-state index contributed by atoms with van der Waals surface area (Å²) in [5.41, 5.74) is -0.0817. The van der Waals surface area contributed by atoms with Crippen molar-refractivity contribution in [2.75, 3.05) is 13.7 Å². The Morgan fingerprint density at radius 1 is 1.55 bits per heavy atom.